The van der Waals surface area contributed by atoms with Crippen molar-refractivity contribution in [1.82, 2.24) is 9.97 Å². The Kier molecular flexibility index (Phi) is 6.74. The molecule has 1 aromatic carbocycles. The van der Waals surface area contributed by atoms with Gasteiger partial charge in [-0.3, -0.25) is 9.97 Å². The molecule has 3 aromatic rings. The van der Waals surface area contributed by atoms with Crippen LogP contribution in [0.4, 0.5) is 26.3 Å². The molecule has 162 valence electrons. The molecule has 0 aliphatic carbocycles. The molecule has 1 atom stereocenters. The molecule has 9 heteroatoms. The lowest BCUT2D eigenvalue weighted by atomic mass is 9.86. The summed E-state index contributed by atoms with van der Waals surface area (Å²) in [6.07, 6.45) is -4.50. The summed E-state index contributed by atoms with van der Waals surface area (Å²) < 4.78 is 79.6. The Hall–Kier alpha value is -2.81. The van der Waals surface area contributed by atoms with Gasteiger partial charge in [0, 0.05) is 30.9 Å². The normalized spacial score (nSPS) is 13.1. The lowest BCUT2D eigenvalue weighted by Crippen LogP contribution is -2.17. The van der Waals surface area contributed by atoms with Gasteiger partial charge in [0.1, 0.15) is 0 Å². The van der Waals surface area contributed by atoms with Crippen LogP contribution in [-0.4, -0.2) is 14.8 Å². The molecule has 0 aliphatic rings. The predicted octanol–water partition coefficient (Wildman–Crippen LogP) is 6.65. The molecular weight excluding hydrogens is 438 g/mol. The van der Waals surface area contributed by atoms with E-state index in [1.54, 1.807) is 24.5 Å². The molecule has 0 bridgehead atoms. The number of hydrogen-bond donors (Lipinski definition) is 0. The highest BCUT2D eigenvalue weighted by atomic mass is 32.1. The highest BCUT2D eigenvalue weighted by Crippen LogP contribution is 2.39. The van der Waals surface area contributed by atoms with Crippen molar-refractivity contribution in [3.63, 3.8) is 0 Å². The molecule has 31 heavy (non-hydrogen) atoms. The molecule has 0 N–H and O–H groups in total. The SMILES string of the molecule is FC(F)(F)c1ccc([C@H](CC(=S)Cc2cccnc2)c2ncccc2C(F)(F)F)cc1. The van der Waals surface area contributed by atoms with Crippen LogP contribution < -0.4 is 0 Å². The third-order valence-corrected chi connectivity index (χ3v) is 4.98. The van der Waals surface area contributed by atoms with Crippen LogP contribution in [0.25, 0.3) is 0 Å². The first-order chi connectivity index (χ1) is 14.6. The Morgan fingerprint density at radius 2 is 1.55 bits per heavy atom. The van der Waals surface area contributed by atoms with Crippen LogP contribution in [0, 0.1) is 0 Å². The maximum atomic E-state index is 13.6. The van der Waals surface area contributed by atoms with Crippen LogP contribution in [0.2, 0.25) is 0 Å². The number of thiocarbonyl (C=S) groups is 1. The van der Waals surface area contributed by atoms with E-state index in [0.29, 0.717) is 11.3 Å². The van der Waals surface area contributed by atoms with Gasteiger partial charge in [0.2, 0.25) is 0 Å². The second kappa shape index (κ2) is 9.13. The minimum atomic E-state index is -4.67. The zero-order valence-corrected chi connectivity index (χ0v) is 16.7. The summed E-state index contributed by atoms with van der Waals surface area (Å²) in [4.78, 5) is 8.37. The van der Waals surface area contributed by atoms with E-state index < -0.39 is 29.4 Å². The smallest absolute Gasteiger partial charge is 0.264 e. The predicted molar refractivity (Wildman–Crippen MR) is 108 cm³/mol. The van der Waals surface area contributed by atoms with E-state index >= 15 is 0 Å². The van der Waals surface area contributed by atoms with Crippen molar-refractivity contribution in [2.24, 2.45) is 0 Å². The highest BCUT2D eigenvalue weighted by Gasteiger charge is 2.37. The fourth-order valence-corrected chi connectivity index (χ4v) is 3.58. The van der Waals surface area contributed by atoms with Crippen LogP contribution in [-0.2, 0) is 18.8 Å². The average Bonchev–Trinajstić information content (AvgIpc) is 2.72. The molecule has 2 nitrogen and oxygen atoms in total. The monoisotopic (exact) mass is 454 g/mol. The van der Waals surface area contributed by atoms with Gasteiger partial charge in [-0.05, 0) is 52.7 Å². The van der Waals surface area contributed by atoms with Gasteiger partial charge in [0.25, 0.3) is 0 Å². The van der Waals surface area contributed by atoms with Crippen molar-refractivity contribution >= 4 is 17.1 Å². The van der Waals surface area contributed by atoms with Crippen molar-refractivity contribution in [3.8, 4) is 0 Å². The summed E-state index contributed by atoms with van der Waals surface area (Å²) in [7, 11) is 0. The van der Waals surface area contributed by atoms with Gasteiger partial charge in [0.05, 0.1) is 16.8 Å². The van der Waals surface area contributed by atoms with Crippen molar-refractivity contribution < 1.29 is 26.3 Å². The highest BCUT2D eigenvalue weighted by molar-refractivity contribution is 7.80. The van der Waals surface area contributed by atoms with Crippen molar-refractivity contribution in [2.75, 3.05) is 0 Å². The van der Waals surface area contributed by atoms with Crippen LogP contribution >= 0.6 is 12.2 Å². The number of benzene rings is 1. The topological polar surface area (TPSA) is 25.8 Å². The molecular formula is C22H16F6N2S. The zero-order chi connectivity index (χ0) is 22.6. The molecule has 0 saturated carbocycles. The van der Waals surface area contributed by atoms with E-state index in [0.717, 1.165) is 23.8 Å². The van der Waals surface area contributed by atoms with Gasteiger partial charge in [-0.25, -0.2) is 0 Å². The van der Waals surface area contributed by atoms with E-state index in [4.69, 9.17) is 12.2 Å². The standard InChI is InChI=1S/C22H16F6N2S/c23-21(24,25)16-7-5-15(6-8-16)18(12-17(31)11-14-3-1-9-29-13-14)20-19(22(26,27)28)4-2-10-30-20/h1-10,13,18H,11-12H2/t18-/m0/s1. The Morgan fingerprint density at radius 1 is 0.871 bits per heavy atom. The lowest BCUT2D eigenvalue weighted by molar-refractivity contribution is -0.139. The zero-order valence-electron chi connectivity index (χ0n) is 15.9. The number of aromatic nitrogens is 2. The Morgan fingerprint density at radius 3 is 2.13 bits per heavy atom. The number of pyridine rings is 2. The fraction of sp³-hybridized carbons (Fsp3) is 0.227. The number of alkyl halides is 6. The number of nitrogens with zero attached hydrogens (tertiary/aromatic N) is 2. The summed E-state index contributed by atoms with van der Waals surface area (Å²) in [6.45, 7) is 0. The maximum Gasteiger partial charge on any atom is 0.418 e. The Balaban J connectivity index is 2.00. The summed E-state index contributed by atoms with van der Waals surface area (Å²) in [5.74, 6) is -0.954. The third-order valence-electron chi connectivity index (χ3n) is 4.67. The largest absolute Gasteiger partial charge is 0.418 e. The van der Waals surface area contributed by atoms with Gasteiger partial charge >= 0.3 is 12.4 Å². The molecule has 0 aliphatic heterocycles. The van der Waals surface area contributed by atoms with Gasteiger partial charge in [0.15, 0.2) is 0 Å². The van der Waals surface area contributed by atoms with Crippen LogP contribution in [0.15, 0.2) is 67.1 Å². The lowest BCUT2D eigenvalue weighted by Gasteiger charge is -2.22. The molecule has 0 fully saturated rings. The van der Waals surface area contributed by atoms with Gasteiger partial charge in [-0.15, -0.1) is 0 Å². The van der Waals surface area contributed by atoms with E-state index in [1.807, 2.05) is 0 Å². The second-order valence-electron chi connectivity index (χ2n) is 6.89. The van der Waals surface area contributed by atoms with E-state index in [9.17, 15) is 26.3 Å². The Bertz CT molecular complexity index is 1030. The second-order valence-corrected chi connectivity index (χ2v) is 7.46. The molecule has 2 aromatic heterocycles. The molecule has 0 amide bonds. The molecule has 0 saturated heterocycles. The van der Waals surface area contributed by atoms with Crippen molar-refractivity contribution in [3.05, 3.63) is 95.1 Å². The fourth-order valence-electron chi connectivity index (χ4n) is 3.24. The minimum absolute atomic E-state index is 0.00961. The van der Waals surface area contributed by atoms with Crippen LogP contribution in [0.3, 0.4) is 0 Å². The maximum absolute atomic E-state index is 13.6. The van der Waals surface area contributed by atoms with E-state index in [1.165, 1.54) is 24.4 Å². The van der Waals surface area contributed by atoms with Crippen molar-refractivity contribution in [1.29, 1.82) is 0 Å². The van der Waals surface area contributed by atoms with Gasteiger partial charge < -0.3 is 0 Å². The summed E-state index contributed by atoms with van der Waals surface area (Å²) in [5.41, 5.74) is -1.04. The molecule has 0 spiro atoms. The van der Waals surface area contributed by atoms with Crippen LogP contribution in [0.1, 0.15) is 40.3 Å². The first kappa shape index (κ1) is 22.9. The summed E-state index contributed by atoms with van der Waals surface area (Å²) in [5, 5.41) is 0. The van der Waals surface area contributed by atoms with Gasteiger partial charge in [-0.2, -0.15) is 26.3 Å². The van der Waals surface area contributed by atoms with Crippen molar-refractivity contribution in [2.45, 2.75) is 31.1 Å². The Labute approximate surface area is 180 Å². The molecule has 0 unspecified atom stereocenters. The van der Waals surface area contributed by atoms with E-state index in [-0.39, 0.29) is 17.7 Å². The van der Waals surface area contributed by atoms with Gasteiger partial charge in [-0.1, -0.05) is 30.4 Å². The first-order valence-electron chi connectivity index (χ1n) is 9.15. The van der Waals surface area contributed by atoms with E-state index in [2.05, 4.69) is 9.97 Å². The number of hydrogen-bond acceptors (Lipinski definition) is 3. The molecule has 2 heterocycles. The molecule has 0 radical (unpaired) electrons. The number of rotatable bonds is 6. The quantitative estimate of drug-likeness (QED) is 0.308. The summed E-state index contributed by atoms with van der Waals surface area (Å²) >= 11 is 5.42. The third kappa shape index (κ3) is 5.88. The van der Waals surface area contributed by atoms with Crippen LogP contribution in [0.5, 0.6) is 0 Å². The number of halogens is 6. The molecule has 3 rings (SSSR count). The average molecular weight is 454 g/mol. The first-order valence-corrected chi connectivity index (χ1v) is 9.56. The summed E-state index contributed by atoms with van der Waals surface area (Å²) in [6, 6.07) is 9.63. The minimum Gasteiger partial charge on any atom is -0.264 e.